The minimum atomic E-state index is -0.947. The second-order valence-corrected chi connectivity index (χ2v) is 17.8. The number of benzene rings is 1. The molecule has 0 bridgehead atoms. The summed E-state index contributed by atoms with van der Waals surface area (Å²) in [5, 5.41) is 3.69. The number of methoxy groups -OCH3 is 1. The highest BCUT2D eigenvalue weighted by Crippen LogP contribution is 2.38. The van der Waals surface area contributed by atoms with Crippen LogP contribution in [0, 0.1) is 29.1 Å². The van der Waals surface area contributed by atoms with E-state index in [2.05, 4.69) is 20.3 Å². The summed E-state index contributed by atoms with van der Waals surface area (Å²) < 4.78 is 12.0. The van der Waals surface area contributed by atoms with Crippen LogP contribution in [-0.2, 0) is 24.0 Å². The van der Waals surface area contributed by atoms with Crippen molar-refractivity contribution in [3.8, 4) is 11.5 Å². The van der Waals surface area contributed by atoms with Crippen molar-refractivity contribution in [2.24, 2.45) is 29.1 Å². The second-order valence-electron chi connectivity index (χ2n) is 17.8. The van der Waals surface area contributed by atoms with E-state index in [4.69, 9.17) is 9.47 Å². The van der Waals surface area contributed by atoms with Crippen molar-refractivity contribution in [1.29, 1.82) is 0 Å². The summed E-state index contributed by atoms with van der Waals surface area (Å²) in [4.78, 5) is 98.1. The first-order valence-electron chi connectivity index (χ1n) is 21.4. The van der Waals surface area contributed by atoms with Gasteiger partial charge < -0.3 is 19.7 Å². The Kier molecular flexibility index (Phi) is 14.3. The van der Waals surface area contributed by atoms with Gasteiger partial charge in [-0.1, -0.05) is 53.4 Å². The Morgan fingerprint density at radius 3 is 2.36 bits per heavy atom. The molecule has 3 aliphatic rings. The van der Waals surface area contributed by atoms with Crippen LogP contribution in [0.3, 0.4) is 0 Å². The van der Waals surface area contributed by atoms with E-state index in [1.165, 1.54) is 23.5 Å². The third-order valence-electron chi connectivity index (χ3n) is 12.3. The summed E-state index contributed by atoms with van der Waals surface area (Å²) in [6, 6.07) is 5.43. The van der Waals surface area contributed by atoms with Gasteiger partial charge >= 0.3 is 0 Å². The molecule has 13 nitrogen and oxygen atoms in total. The Hall–Kier alpha value is -5.07. The first-order chi connectivity index (χ1) is 28.3. The van der Waals surface area contributed by atoms with Crippen LogP contribution < -0.4 is 14.8 Å². The molecule has 316 valence electrons. The number of carbonyl (C=O) groups is 6. The molecule has 1 saturated heterocycles. The minimum absolute atomic E-state index is 0.0679. The SMILES string of the molecule is CCC[C@H](CC(=O)[C@@H]1C[C@@H](Oc2ccnc3cc(OC)ccc23)CN1C(=O)[C@@H](CC(=O)[C@@H](NC(=O)c1cnccn1)C1CCCCC1)C(C)(C)C)C(=O)C(=O)CC1CC1. The number of pyridine rings is 1. The number of hydrogen-bond donors (Lipinski definition) is 1. The maximum Gasteiger partial charge on any atom is 0.272 e. The molecule has 2 amide bonds. The second kappa shape index (κ2) is 19.3. The molecule has 59 heavy (non-hydrogen) atoms. The maximum absolute atomic E-state index is 15.1. The third kappa shape index (κ3) is 11.0. The molecule has 6 rings (SSSR count). The molecular formula is C46H59N5O8. The summed E-state index contributed by atoms with van der Waals surface area (Å²) >= 11 is 0. The molecule has 1 aliphatic heterocycles. The van der Waals surface area contributed by atoms with Crippen LogP contribution >= 0.6 is 0 Å². The van der Waals surface area contributed by atoms with E-state index in [9.17, 15) is 24.0 Å². The fourth-order valence-electron chi connectivity index (χ4n) is 8.76. The number of fused-ring (bicyclic) bond motifs is 1. The minimum Gasteiger partial charge on any atom is -0.497 e. The normalized spacial score (nSPS) is 20.1. The molecule has 1 aromatic carbocycles. The number of ketones is 4. The Labute approximate surface area is 346 Å². The maximum atomic E-state index is 15.1. The van der Waals surface area contributed by atoms with E-state index in [1.54, 1.807) is 25.4 Å². The Morgan fingerprint density at radius 1 is 0.932 bits per heavy atom. The first kappa shape index (κ1) is 43.5. The van der Waals surface area contributed by atoms with Crippen LogP contribution in [0.2, 0.25) is 0 Å². The van der Waals surface area contributed by atoms with E-state index in [-0.39, 0.29) is 67.2 Å². The summed E-state index contributed by atoms with van der Waals surface area (Å²) in [5.74, 6) is -2.68. The van der Waals surface area contributed by atoms with Gasteiger partial charge in [0.15, 0.2) is 17.3 Å². The number of carbonyl (C=O) groups excluding carboxylic acids is 6. The first-order valence-corrected chi connectivity index (χ1v) is 21.4. The quantitative estimate of drug-likeness (QED) is 0.128. The monoisotopic (exact) mass is 809 g/mol. The van der Waals surface area contributed by atoms with E-state index < -0.39 is 52.9 Å². The van der Waals surface area contributed by atoms with Crippen molar-refractivity contribution < 1.29 is 38.2 Å². The summed E-state index contributed by atoms with van der Waals surface area (Å²) in [5.41, 5.74) is 0.0355. The van der Waals surface area contributed by atoms with E-state index in [0.29, 0.717) is 29.9 Å². The van der Waals surface area contributed by atoms with Crippen LogP contribution in [0.4, 0.5) is 0 Å². The predicted molar refractivity (Wildman–Crippen MR) is 221 cm³/mol. The topological polar surface area (TPSA) is 175 Å². The van der Waals surface area contributed by atoms with Gasteiger partial charge in [0.25, 0.3) is 5.91 Å². The van der Waals surface area contributed by atoms with E-state index in [1.807, 2.05) is 39.8 Å². The number of nitrogens with one attached hydrogen (secondary N) is 1. The predicted octanol–water partition coefficient (Wildman–Crippen LogP) is 6.70. The van der Waals surface area contributed by atoms with Gasteiger partial charge in [-0.3, -0.25) is 38.7 Å². The lowest BCUT2D eigenvalue weighted by Crippen LogP contribution is -2.51. The summed E-state index contributed by atoms with van der Waals surface area (Å²) in [6.45, 7) is 7.68. The zero-order valence-electron chi connectivity index (χ0n) is 35.1. The van der Waals surface area contributed by atoms with Crippen LogP contribution in [0.15, 0.2) is 49.1 Å². The molecule has 0 unspecified atom stereocenters. The lowest BCUT2D eigenvalue weighted by Gasteiger charge is -2.36. The lowest BCUT2D eigenvalue weighted by atomic mass is 9.74. The number of nitrogens with zero attached hydrogens (tertiary/aromatic N) is 4. The summed E-state index contributed by atoms with van der Waals surface area (Å²) in [7, 11) is 1.58. The Balaban J connectivity index is 1.28. The van der Waals surface area contributed by atoms with Gasteiger partial charge in [-0.15, -0.1) is 0 Å². The van der Waals surface area contributed by atoms with Gasteiger partial charge in [0.2, 0.25) is 11.7 Å². The van der Waals surface area contributed by atoms with Gasteiger partial charge in [-0.25, -0.2) is 4.98 Å². The third-order valence-corrected chi connectivity index (χ3v) is 12.3. The highest BCUT2D eigenvalue weighted by atomic mass is 16.5. The molecule has 13 heteroatoms. The fourth-order valence-corrected chi connectivity index (χ4v) is 8.76. The Morgan fingerprint density at radius 2 is 1.69 bits per heavy atom. The largest absolute Gasteiger partial charge is 0.497 e. The standard InChI is InChI=1S/C46H59N5O8/c1-6-10-30(43(55)40(54)21-28-13-14-28)22-38(52)37-24-32(59-41-17-18-48-35-23-31(58-5)15-16-33(35)41)27-51(37)45(57)34(46(2,3)4)25-39(53)42(29-11-8-7-9-12-29)50-44(56)36-26-47-19-20-49-36/h15-20,23,26,28-30,32,34,37,42H,6-14,21-22,24-25,27H2,1-5H3,(H,50,56)/t30-,32-,34-,37+,42+/m1/s1. The zero-order chi connectivity index (χ0) is 42.3. The fraction of sp³-hybridized carbons (Fsp3) is 0.587. The Bertz CT molecular complexity index is 2000. The molecule has 3 fully saturated rings. The molecule has 1 N–H and O–H groups in total. The zero-order valence-corrected chi connectivity index (χ0v) is 35.1. The van der Waals surface area contributed by atoms with Crippen LogP contribution in [-0.4, -0.2) is 86.6 Å². The van der Waals surface area contributed by atoms with Crippen LogP contribution in [0.1, 0.15) is 122 Å². The molecule has 0 spiro atoms. The van der Waals surface area contributed by atoms with E-state index in [0.717, 1.165) is 50.3 Å². The molecule has 3 heterocycles. The molecule has 2 saturated carbocycles. The number of Topliss-reactive ketones (excluding diaryl/α,β-unsaturated/α-hetero) is 4. The summed E-state index contributed by atoms with van der Waals surface area (Å²) in [6.07, 6.45) is 12.7. The van der Waals surface area contributed by atoms with Crippen LogP contribution in [0.25, 0.3) is 10.9 Å². The smallest absolute Gasteiger partial charge is 0.272 e. The molecule has 0 radical (unpaired) electrons. The molecular weight excluding hydrogens is 751 g/mol. The highest BCUT2D eigenvalue weighted by molar-refractivity contribution is 6.38. The average Bonchev–Trinajstić information content (AvgIpc) is 3.95. The van der Waals surface area contributed by atoms with Crippen molar-refractivity contribution in [1.82, 2.24) is 25.2 Å². The molecule has 2 aromatic heterocycles. The van der Waals surface area contributed by atoms with Crippen molar-refractivity contribution in [3.63, 3.8) is 0 Å². The number of amides is 2. The van der Waals surface area contributed by atoms with Crippen molar-refractivity contribution >= 4 is 45.9 Å². The van der Waals surface area contributed by atoms with Gasteiger partial charge in [-0.2, -0.15) is 0 Å². The number of ether oxygens (including phenoxy) is 2. The van der Waals surface area contributed by atoms with Gasteiger partial charge in [0, 0.05) is 67.6 Å². The lowest BCUT2D eigenvalue weighted by molar-refractivity contribution is -0.147. The number of aromatic nitrogens is 3. The van der Waals surface area contributed by atoms with Crippen molar-refractivity contribution in [3.05, 3.63) is 54.7 Å². The van der Waals surface area contributed by atoms with Gasteiger partial charge in [0.05, 0.1) is 37.5 Å². The number of likely N-dealkylation sites (tertiary alicyclic amines) is 1. The van der Waals surface area contributed by atoms with Crippen LogP contribution in [0.5, 0.6) is 11.5 Å². The highest BCUT2D eigenvalue weighted by Gasteiger charge is 2.47. The molecule has 3 aromatic rings. The van der Waals surface area contributed by atoms with Gasteiger partial charge in [0.1, 0.15) is 23.3 Å². The number of rotatable bonds is 19. The van der Waals surface area contributed by atoms with Crippen molar-refractivity contribution in [2.75, 3.05) is 13.7 Å². The molecule has 2 aliphatic carbocycles. The molecule has 5 atom stereocenters. The average molecular weight is 810 g/mol. The number of hydrogen-bond acceptors (Lipinski definition) is 11. The van der Waals surface area contributed by atoms with Gasteiger partial charge in [-0.05, 0) is 67.6 Å². The van der Waals surface area contributed by atoms with E-state index >= 15 is 4.79 Å². The van der Waals surface area contributed by atoms with Crippen molar-refractivity contribution in [2.45, 2.75) is 129 Å².